The number of pyridine rings is 1. The fraction of sp³-hybridized carbons (Fsp3) is 0.536. The largest absolute Gasteiger partial charge is 0.495 e. The third-order valence-corrected chi connectivity index (χ3v) is 6.50. The summed E-state index contributed by atoms with van der Waals surface area (Å²) in [7, 11) is 1.69. The normalized spacial score (nSPS) is 17.1. The van der Waals surface area contributed by atoms with E-state index < -0.39 is 5.60 Å². The maximum atomic E-state index is 11.9. The highest BCUT2D eigenvalue weighted by atomic mass is 16.6. The Morgan fingerprint density at radius 1 is 1.25 bits per heavy atom. The van der Waals surface area contributed by atoms with Gasteiger partial charge in [-0.1, -0.05) is 13.0 Å². The molecule has 2 aromatic heterocycles. The molecule has 194 valence electrons. The van der Waals surface area contributed by atoms with E-state index in [9.17, 15) is 4.79 Å². The topological polar surface area (TPSA) is 87.5 Å². The molecule has 4 rings (SSSR count). The van der Waals surface area contributed by atoms with Crippen LogP contribution in [0.1, 0.15) is 77.5 Å². The fourth-order valence-electron chi connectivity index (χ4n) is 4.66. The molecular weight excluding hydrogens is 456 g/mol. The van der Waals surface area contributed by atoms with Crippen LogP contribution in [-0.2, 0) is 9.47 Å². The van der Waals surface area contributed by atoms with Crippen molar-refractivity contribution < 1.29 is 19.0 Å². The van der Waals surface area contributed by atoms with Gasteiger partial charge < -0.3 is 19.5 Å². The molecule has 1 amide bonds. The van der Waals surface area contributed by atoms with E-state index in [1.807, 2.05) is 56.0 Å². The number of hydrogen-bond donors (Lipinski definition) is 1. The zero-order valence-corrected chi connectivity index (χ0v) is 22.0. The first-order chi connectivity index (χ1) is 17.3. The Morgan fingerprint density at radius 2 is 2.08 bits per heavy atom. The average Bonchev–Trinajstić information content (AvgIpc) is 3.30. The summed E-state index contributed by atoms with van der Waals surface area (Å²) in [6, 6.07) is 8.19. The van der Waals surface area contributed by atoms with Crippen LogP contribution < -0.4 is 10.1 Å². The van der Waals surface area contributed by atoms with Crippen molar-refractivity contribution in [2.45, 2.75) is 77.5 Å². The molecule has 1 saturated heterocycles. The molecular formula is C28H38N4O4. The lowest BCUT2D eigenvalue weighted by atomic mass is 9.94. The highest BCUT2D eigenvalue weighted by Gasteiger charge is 2.21. The van der Waals surface area contributed by atoms with Crippen LogP contribution in [0.15, 0.2) is 36.7 Å². The molecule has 2 unspecified atom stereocenters. The predicted molar refractivity (Wildman–Crippen MR) is 140 cm³/mol. The first-order valence-corrected chi connectivity index (χ1v) is 12.9. The van der Waals surface area contributed by atoms with Gasteiger partial charge in [0.15, 0.2) is 0 Å². The number of carbonyl (C=O) groups excluding carboxylic acids is 1. The smallest absolute Gasteiger partial charge is 0.407 e. The lowest BCUT2D eigenvalue weighted by Gasteiger charge is -2.22. The maximum absolute atomic E-state index is 11.9. The van der Waals surface area contributed by atoms with Crippen molar-refractivity contribution in [3.8, 4) is 17.0 Å². The molecule has 0 bridgehead atoms. The zero-order valence-electron chi connectivity index (χ0n) is 22.0. The molecule has 36 heavy (non-hydrogen) atoms. The molecule has 0 aliphatic carbocycles. The zero-order chi connectivity index (χ0) is 25.7. The monoisotopic (exact) mass is 494 g/mol. The summed E-state index contributed by atoms with van der Waals surface area (Å²) in [5.41, 5.74) is 3.31. The van der Waals surface area contributed by atoms with Crippen molar-refractivity contribution in [1.82, 2.24) is 20.1 Å². The van der Waals surface area contributed by atoms with E-state index in [4.69, 9.17) is 24.3 Å². The van der Waals surface area contributed by atoms with Crippen molar-refractivity contribution in [2.75, 3.05) is 20.3 Å². The summed E-state index contributed by atoms with van der Waals surface area (Å²) in [5, 5.41) is 8.55. The van der Waals surface area contributed by atoms with Gasteiger partial charge in [0.05, 0.1) is 23.7 Å². The Hall–Kier alpha value is -3.13. The number of nitrogens with one attached hydrogen (secondary N) is 1. The molecule has 1 aromatic carbocycles. The van der Waals surface area contributed by atoms with Crippen molar-refractivity contribution in [3.63, 3.8) is 0 Å². The molecule has 1 fully saturated rings. The summed E-state index contributed by atoms with van der Waals surface area (Å²) < 4.78 is 19.0. The first kappa shape index (κ1) is 25.9. The van der Waals surface area contributed by atoms with Gasteiger partial charge in [0.25, 0.3) is 0 Å². The van der Waals surface area contributed by atoms with Gasteiger partial charge in [-0.05, 0) is 82.6 Å². The van der Waals surface area contributed by atoms with E-state index in [2.05, 4.69) is 18.3 Å². The van der Waals surface area contributed by atoms with Gasteiger partial charge in [0.1, 0.15) is 17.6 Å². The minimum absolute atomic E-state index is 0.0208. The quantitative estimate of drug-likeness (QED) is 0.400. The number of aromatic nitrogens is 3. The number of carbonyl (C=O) groups is 1. The third kappa shape index (κ3) is 6.16. The van der Waals surface area contributed by atoms with Crippen LogP contribution in [0.2, 0.25) is 0 Å². The second-order valence-electron chi connectivity index (χ2n) is 10.3. The lowest BCUT2D eigenvalue weighted by Crippen LogP contribution is -2.33. The number of rotatable bonds is 8. The SMILES string of the molecule is CCC(CCNC(=O)OC(C)(C)C)c1ccc(-c2ccc3nn(C4CCCCO4)cc3c2OC)nc1. The Kier molecular flexibility index (Phi) is 8.14. The second kappa shape index (κ2) is 11.3. The van der Waals surface area contributed by atoms with Gasteiger partial charge >= 0.3 is 6.09 Å². The van der Waals surface area contributed by atoms with E-state index in [0.717, 1.165) is 72.2 Å². The van der Waals surface area contributed by atoms with E-state index in [-0.39, 0.29) is 12.3 Å². The van der Waals surface area contributed by atoms with Crippen LogP contribution in [0.5, 0.6) is 5.75 Å². The number of ether oxygens (including phenoxy) is 3. The Balaban J connectivity index is 1.48. The molecule has 1 N–H and O–H groups in total. The average molecular weight is 495 g/mol. The van der Waals surface area contributed by atoms with Gasteiger partial charge in [0.2, 0.25) is 0 Å². The highest BCUT2D eigenvalue weighted by Crippen LogP contribution is 2.37. The van der Waals surface area contributed by atoms with Crippen LogP contribution in [-0.4, -0.2) is 46.7 Å². The van der Waals surface area contributed by atoms with Crippen molar-refractivity contribution in [1.29, 1.82) is 0 Å². The molecule has 0 radical (unpaired) electrons. The number of nitrogens with zero attached hydrogens (tertiary/aromatic N) is 3. The Morgan fingerprint density at radius 3 is 2.72 bits per heavy atom. The van der Waals surface area contributed by atoms with Gasteiger partial charge in [0, 0.05) is 31.1 Å². The molecule has 8 heteroatoms. The fourth-order valence-corrected chi connectivity index (χ4v) is 4.66. The second-order valence-corrected chi connectivity index (χ2v) is 10.3. The molecule has 2 atom stereocenters. The standard InChI is InChI=1S/C28H38N4O4/c1-6-19(14-15-29-27(33)36-28(2,3)4)20-10-12-23(30-17-20)21-11-13-24-22(26(21)34-5)18-32(31-24)25-9-7-8-16-35-25/h10-13,17-19,25H,6-9,14-16H2,1-5H3,(H,29,33). The molecule has 0 spiro atoms. The number of benzene rings is 1. The van der Waals surface area contributed by atoms with Gasteiger partial charge in [-0.25, -0.2) is 9.48 Å². The van der Waals surface area contributed by atoms with Crippen molar-refractivity contribution in [2.24, 2.45) is 0 Å². The maximum Gasteiger partial charge on any atom is 0.407 e. The van der Waals surface area contributed by atoms with Gasteiger partial charge in [-0.2, -0.15) is 5.10 Å². The Labute approximate surface area is 213 Å². The van der Waals surface area contributed by atoms with Crippen LogP contribution in [0, 0.1) is 0 Å². The summed E-state index contributed by atoms with van der Waals surface area (Å²) in [5.74, 6) is 1.06. The minimum Gasteiger partial charge on any atom is -0.495 e. The van der Waals surface area contributed by atoms with Gasteiger partial charge in [-0.15, -0.1) is 0 Å². The summed E-state index contributed by atoms with van der Waals surface area (Å²) in [4.78, 5) is 16.7. The van der Waals surface area contributed by atoms with Crippen LogP contribution in [0.25, 0.3) is 22.2 Å². The molecule has 0 saturated carbocycles. The lowest BCUT2D eigenvalue weighted by molar-refractivity contribution is -0.0390. The van der Waals surface area contributed by atoms with Gasteiger partial charge in [-0.3, -0.25) is 4.98 Å². The number of alkyl carbamates (subject to hydrolysis) is 1. The van der Waals surface area contributed by atoms with Crippen LogP contribution in [0.3, 0.4) is 0 Å². The number of amides is 1. The highest BCUT2D eigenvalue weighted by molar-refractivity contribution is 5.92. The number of methoxy groups -OCH3 is 1. The van der Waals surface area contributed by atoms with Crippen LogP contribution >= 0.6 is 0 Å². The predicted octanol–water partition coefficient (Wildman–Crippen LogP) is 6.21. The summed E-state index contributed by atoms with van der Waals surface area (Å²) >= 11 is 0. The van der Waals surface area contributed by atoms with Crippen LogP contribution in [0.4, 0.5) is 4.79 Å². The van der Waals surface area contributed by atoms with E-state index in [0.29, 0.717) is 12.5 Å². The van der Waals surface area contributed by atoms with E-state index >= 15 is 0 Å². The third-order valence-electron chi connectivity index (χ3n) is 6.50. The number of fused-ring (bicyclic) bond motifs is 1. The van der Waals surface area contributed by atoms with Crippen molar-refractivity contribution >= 4 is 17.0 Å². The van der Waals surface area contributed by atoms with E-state index in [1.165, 1.54) is 0 Å². The van der Waals surface area contributed by atoms with Crippen molar-refractivity contribution in [3.05, 3.63) is 42.2 Å². The molecule has 1 aliphatic rings. The summed E-state index contributed by atoms with van der Waals surface area (Å²) in [6.45, 7) is 9.05. The number of hydrogen-bond acceptors (Lipinski definition) is 6. The minimum atomic E-state index is -0.500. The molecule has 1 aliphatic heterocycles. The van der Waals surface area contributed by atoms with E-state index in [1.54, 1.807) is 7.11 Å². The summed E-state index contributed by atoms with van der Waals surface area (Å²) in [6.07, 6.45) is 8.54. The Bertz CT molecular complexity index is 1160. The molecule has 3 heterocycles. The molecule has 3 aromatic rings. The molecule has 8 nitrogen and oxygen atoms in total. The first-order valence-electron chi connectivity index (χ1n) is 12.9.